The normalized spacial score (nSPS) is 14.8. The SMILES string of the molecule is CC/C=C\C/C=C\C/C=C\C/C=C\C/C=C\C/C=C\CCC(=O)OCC(COP(=O)(O)OCC)OC(=O)CC/C=C\C/C=C\C/C=C\C/C=C\C/C=C\C/C=C\CC. The Morgan fingerprint density at radius 2 is 0.759 bits per heavy atom. The van der Waals surface area contributed by atoms with Crippen molar-refractivity contribution in [2.75, 3.05) is 19.8 Å². The Bertz CT molecular complexity index is 1440. The van der Waals surface area contributed by atoms with Gasteiger partial charge in [0.25, 0.3) is 0 Å². The molecule has 0 rings (SSSR count). The molecular formula is C49H73O8P. The summed E-state index contributed by atoms with van der Waals surface area (Å²) >= 11 is 0. The molecule has 0 aliphatic carbocycles. The molecule has 9 heteroatoms. The number of carbonyl (C=O) groups excluding carboxylic acids is 2. The second-order valence-electron chi connectivity index (χ2n) is 12.9. The molecule has 2 unspecified atom stereocenters. The summed E-state index contributed by atoms with van der Waals surface area (Å²) in [5.41, 5.74) is 0. The van der Waals surface area contributed by atoms with Crippen LogP contribution in [0, 0.1) is 0 Å². The lowest BCUT2D eigenvalue weighted by atomic mass is 10.2. The van der Waals surface area contributed by atoms with Crippen LogP contribution in [-0.2, 0) is 32.7 Å². The van der Waals surface area contributed by atoms with Gasteiger partial charge in [-0.3, -0.25) is 18.6 Å². The van der Waals surface area contributed by atoms with E-state index in [0.717, 1.165) is 77.0 Å². The molecule has 0 bridgehead atoms. The van der Waals surface area contributed by atoms with Gasteiger partial charge < -0.3 is 14.4 Å². The molecule has 58 heavy (non-hydrogen) atoms. The van der Waals surface area contributed by atoms with Crippen LogP contribution in [0.15, 0.2) is 146 Å². The molecule has 8 nitrogen and oxygen atoms in total. The Morgan fingerprint density at radius 1 is 0.448 bits per heavy atom. The number of ether oxygens (including phenoxy) is 2. The van der Waals surface area contributed by atoms with Crippen molar-refractivity contribution in [3.63, 3.8) is 0 Å². The van der Waals surface area contributed by atoms with Crippen molar-refractivity contribution >= 4 is 19.8 Å². The van der Waals surface area contributed by atoms with Crippen molar-refractivity contribution < 1.29 is 37.6 Å². The van der Waals surface area contributed by atoms with E-state index in [1.165, 1.54) is 0 Å². The standard InChI is InChI=1S/C49H73O8P/c1-4-7-9-11-13-15-17-19-21-23-25-27-29-31-33-35-37-39-41-43-48(50)54-45-47(46-56-58(52,53)55-6-3)57-49(51)44-42-40-38-36-34-32-30-28-26-24-22-20-18-16-14-12-10-8-5-2/h7-10,13-16,19-22,25-28,31-34,37-40,47H,4-6,11-12,17-18,23-24,29-30,35-36,41-46H2,1-3H3,(H,52,53)/b9-7-,10-8-,15-13-,16-14-,21-19-,22-20-,27-25-,28-26-,33-31-,34-32-,39-37-,40-38-. The Labute approximate surface area is 351 Å². The maximum absolute atomic E-state index is 12.5. The third-order valence-corrected chi connectivity index (χ3v) is 8.73. The van der Waals surface area contributed by atoms with Crippen LogP contribution in [0.1, 0.15) is 124 Å². The minimum Gasteiger partial charge on any atom is -0.462 e. The summed E-state index contributed by atoms with van der Waals surface area (Å²) in [6, 6.07) is 0. The van der Waals surface area contributed by atoms with Gasteiger partial charge in [-0.25, -0.2) is 4.57 Å². The zero-order chi connectivity index (χ0) is 42.5. The second-order valence-corrected chi connectivity index (χ2v) is 14.3. The summed E-state index contributed by atoms with van der Waals surface area (Å²) < 4.78 is 32.4. The smallest absolute Gasteiger partial charge is 0.462 e. The van der Waals surface area contributed by atoms with Crippen molar-refractivity contribution in [3.05, 3.63) is 146 Å². The van der Waals surface area contributed by atoms with Gasteiger partial charge in [-0.2, -0.15) is 0 Å². The maximum atomic E-state index is 12.5. The van der Waals surface area contributed by atoms with Crippen molar-refractivity contribution in [1.82, 2.24) is 0 Å². The molecular weight excluding hydrogens is 748 g/mol. The van der Waals surface area contributed by atoms with Crippen LogP contribution in [-0.4, -0.2) is 42.8 Å². The van der Waals surface area contributed by atoms with Crippen molar-refractivity contribution in [3.8, 4) is 0 Å². The van der Waals surface area contributed by atoms with Crippen LogP contribution in [0.4, 0.5) is 0 Å². The Kier molecular flexibility index (Phi) is 39.5. The van der Waals surface area contributed by atoms with Crippen molar-refractivity contribution in [1.29, 1.82) is 0 Å². The van der Waals surface area contributed by atoms with Crippen molar-refractivity contribution in [2.24, 2.45) is 0 Å². The number of hydrogen-bond acceptors (Lipinski definition) is 7. The van der Waals surface area contributed by atoms with Gasteiger partial charge in [0, 0.05) is 12.8 Å². The van der Waals surface area contributed by atoms with E-state index in [1.54, 1.807) is 6.92 Å². The number of hydrogen-bond donors (Lipinski definition) is 1. The molecule has 0 aliphatic heterocycles. The van der Waals surface area contributed by atoms with Gasteiger partial charge in [-0.05, 0) is 96.8 Å². The lowest BCUT2D eigenvalue weighted by Gasteiger charge is -2.19. The average molecular weight is 821 g/mol. The van der Waals surface area contributed by atoms with E-state index in [-0.39, 0.29) is 26.1 Å². The third-order valence-electron chi connectivity index (χ3n) is 7.67. The number of phosphoric ester groups is 1. The highest BCUT2D eigenvalue weighted by atomic mass is 31.2. The monoisotopic (exact) mass is 821 g/mol. The predicted molar refractivity (Wildman–Crippen MR) is 243 cm³/mol. The predicted octanol–water partition coefficient (Wildman–Crippen LogP) is 13.6. The molecule has 2 atom stereocenters. The fraction of sp³-hybridized carbons (Fsp3) is 0.469. The summed E-state index contributed by atoms with van der Waals surface area (Å²) in [5.74, 6) is -1.01. The fourth-order valence-electron chi connectivity index (χ4n) is 4.68. The van der Waals surface area contributed by atoms with E-state index in [4.69, 9.17) is 18.5 Å². The first-order valence-electron chi connectivity index (χ1n) is 21.1. The first-order chi connectivity index (χ1) is 28.3. The molecule has 0 aromatic carbocycles. The fourth-order valence-corrected chi connectivity index (χ4v) is 5.43. The lowest BCUT2D eigenvalue weighted by Crippen LogP contribution is -2.29. The van der Waals surface area contributed by atoms with Gasteiger partial charge in [0.15, 0.2) is 6.10 Å². The van der Waals surface area contributed by atoms with Crippen LogP contribution in [0.25, 0.3) is 0 Å². The molecule has 0 radical (unpaired) electrons. The van der Waals surface area contributed by atoms with E-state index < -0.39 is 32.5 Å². The number of esters is 2. The molecule has 0 fully saturated rings. The van der Waals surface area contributed by atoms with Crippen LogP contribution >= 0.6 is 7.82 Å². The van der Waals surface area contributed by atoms with Gasteiger partial charge in [0.1, 0.15) is 6.61 Å². The number of phosphoric acid groups is 1. The molecule has 0 saturated carbocycles. The molecule has 0 aliphatic rings. The Balaban J connectivity index is 4.39. The lowest BCUT2D eigenvalue weighted by molar-refractivity contribution is -0.161. The topological polar surface area (TPSA) is 108 Å². The van der Waals surface area contributed by atoms with Gasteiger partial charge in [0.2, 0.25) is 0 Å². The largest absolute Gasteiger partial charge is 0.472 e. The molecule has 0 spiro atoms. The molecule has 322 valence electrons. The van der Waals surface area contributed by atoms with E-state index in [2.05, 4.69) is 135 Å². The summed E-state index contributed by atoms with van der Waals surface area (Å²) in [6.45, 7) is 5.03. The molecule has 0 heterocycles. The zero-order valence-electron chi connectivity index (χ0n) is 35.6. The minimum absolute atomic E-state index is 0.0340. The summed E-state index contributed by atoms with van der Waals surface area (Å²) in [5, 5.41) is 0. The van der Waals surface area contributed by atoms with E-state index in [9.17, 15) is 19.0 Å². The number of rotatable bonds is 36. The summed E-state index contributed by atoms with van der Waals surface area (Å²) in [4.78, 5) is 34.7. The molecule has 0 amide bonds. The minimum atomic E-state index is -4.33. The van der Waals surface area contributed by atoms with Gasteiger partial charge in [-0.1, -0.05) is 160 Å². The summed E-state index contributed by atoms with van der Waals surface area (Å²) in [7, 11) is -4.33. The van der Waals surface area contributed by atoms with E-state index >= 15 is 0 Å². The number of allylic oxidation sites excluding steroid dienone is 24. The number of carbonyl (C=O) groups is 2. The van der Waals surface area contributed by atoms with Crippen molar-refractivity contribution in [2.45, 2.75) is 130 Å². The first-order valence-corrected chi connectivity index (χ1v) is 22.6. The van der Waals surface area contributed by atoms with Crippen LogP contribution < -0.4 is 0 Å². The maximum Gasteiger partial charge on any atom is 0.472 e. The summed E-state index contributed by atoms with van der Waals surface area (Å²) in [6.07, 6.45) is 62.2. The molecule has 1 N–H and O–H groups in total. The molecule has 0 aromatic rings. The Hall–Kier alpha value is -4.07. The highest BCUT2D eigenvalue weighted by Crippen LogP contribution is 2.43. The van der Waals surface area contributed by atoms with Gasteiger partial charge in [0.05, 0.1) is 13.2 Å². The van der Waals surface area contributed by atoms with E-state index in [1.807, 2.05) is 24.3 Å². The highest BCUT2D eigenvalue weighted by molar-refractivity contribution is 7.47. The first kappa shape index (κ1) is 53.9. The average Bonchev–Trinajstić information content (AvgIpc) is 3.20. The van der Waals surface area contributed by atoms with Gasteiger partial charge in [-0.15, -0.1) is 0 Å². The Morgan fingerprint density at radius 3 is 1.09 bits per heavy atom. The van der Waals surface area contributed by atoms with Crippen LogP contribution in [0.5, 0.6) is 0 Å². The molecule has 0 aromatic heterocycles. The second kappa shape index (κ2) is 42.5. The van der Waals surface area contributed by atoms with Gasteiger partial charge >= 0.3 is 19.8 Å². The van der Waals surface area contributed by atoms with E-state index in [0.29, 0.717) is 12.8 Å². The molecule has 0 saturated heterocycles. The van der Waals surface area contributed by atoms with Crippen LogP contribution in [0.3, 0.4) is 0 Å². The third kappa shape index (κ3) is 41.6. The quantitative estimate of drug-likeness (QED) is 0.0378. The highest BCUT2D eigenvalue weighted by Gasteiger charge is 2.25. The van der Waals surface area contributed by atoms with Crippen LogP contribution in [0.2, 0.25) is 0 Å². The zero-order valence-corrected chi connectivity index (χ0v) is 36.5.